The SMILES string of the molecule is CN1CCN(c2cc(-c3ccc4nc(N)nc(NN)c4c3)ccn2)CC1. The van der Waals surface area contributed by atoms with Gasteiger partial charge < -0.3 is 21.0 Å². The molecule has 1 aliphatic heterocycles. The van der Waals surface area contributed by atoms with Crippen molar-refractivity contribution in [3.8, 4) is 11.1 Å². The first kappa shape index (κ1) is 16.5. The number of hydrogen-bond acceptors (Lipinski definition) is 8. The van der Waals surface area contributed by atoms with E-state index < -0.39 is 0 Å². The van der Waals surface area contributed by atoms with Crippen LogP contribution in [0.15, 0.2) is 36.5 Å². The molecule has 3 heterocycles. The summed E-state index contributed by atoms with van der Waals surface area (Å²) < 4.78 is 0. The molecule has 5 N–H and O–H groups in total. The third-order valence-corrected chi connectivity index (χ3v) is 4.76. The van der Waals surface area contributed by atoms with Crippen LogP contribution in [-0.2, 0) is 0 Å². The number of pyridine rings is 1. The van der Waals surface area contributed by atoms with Crippen LogP contribution >= 0.6 is 0 Å². The third kappa shape index (κ3) is 3.12. The van der Waals surface area contributed by atoms with Crippen LogP contribution in [0, 0.1) is 0 Å². The quantitative estimate of drug-likeness (QED) is 0.479. The fourth-order valence-corrected chi connectivity index (χ4v) is 3.24. The van der Waals surface area contributed by atoms with Crippen molar-refractivity contribution in [2.24, 2.45) is 5.84 Å². The van der Waals surface area contributed by atoms with Crippen molar-refractivity contribution in [2.75, 3.05) is 49.3 Å². The third-order valence-electron chi connectivity index (χ3n) is 4.76. The summed E-state index contributed by atoms with van der Waals surface area (Å²) in [5.74, 6) is 7.30. The first-order chi connectivity index (χ1) is 12.6. The van der Waals surface area contributed by atoms with Crippen molar-refractivity contribution in [3.63, 3.8) is 0 Å². The number of piperazine rings is 1. The molecule has 1 aromatic carbocycles. The maximum Gasteiger partial charge on any atom is 0.222 e. The molecule has 4 rings (SSSR count). The second-order valence-electron chi connectivity index (χ2n) is 6.50. The minimum absolute atomic E-state index is 0.194. The molecule has 0 atom stereocenters. The van der Waals surface area contributed by atoms with E-state index in [4.69, 9.17) is 11.6 Å². The largest absolute Gasteiger partial charge is 0.368 e. The van der Waals surface area contributed by atoms with E-state index in [1.165, 1.54) is 0 Å². The molecule has 1 aliphatic rings. The molecule has 0 unspecified atom stereocenters. The number of anilines is 3. The van der Waals surface area contributed by atoms with Gasteiger partial charge in [0, 0.05) is 37.8 Å². The van der Waals surface area contributed by atoms with E-state index in [1.54, 1.807) is 0 Å². The van der Waals surface area contributed by atoms with Crippen LogP contribution in [0.3, 0.4) is 0 Å². The first-order valence-corrected chi connectivity index (χ1v) is 8.58. The number of nitrogen functional groups attached to an aromatic ring is 2. The Kier molecular flexibility index (Phi) is 4.27. The molecule has 2 aromatic heterocycles. The molecule has 0 bridgehead atoms. The fourth-order valence-electron chi connectivity index (χ4n) is 3.24. The summed E-state index contributed by atoms with van der Waals surface area (Å²) in [5.41, 5.74) is 11.2. The van der Waals surface area contributed by atoms with Crippen molar-refractivity contribution in [1.29, 1.82) is 0 Å². The Morgan fingerprint density at radius 3 is 2.54 bits per heavy atom. The van der Waals surface area contributed by atoms with Gasteiger partial charge in [-0.25, -0.2) is 15.8 Å². The Morgan fingerprint density at radius 1 is 1.00 bits per heavy atom. The van der Waals surface area contributed by atoms with Crippen molar-refractivity contribution in [1.82, 2.24) is 19.9 Å². The van der Waals surface area contributed by atoms with Gasteiger partial charge >= 0.3 is 0 Å². The lowest BCUT2D eigenvalue weighted by Gasteiger charge is -2.33. The molecule has 1 fully saturated rings. The maximum absolute atomic E-state index is 5.73. The van der Waals surface area contributed by atoms with Gasteiger partial charge in [-0.3, -0.25) is 0 Å². The normalized spacial score (nSPS) is 15.4. The zero-order valence-corrected chi connectivity index (χ0v) is 14.7. The number of nitrogens with one attached hydrogen (secondary N) is 1. The van der Waals surface area contributed by atoms with Gasteiger partial charge in [0.15, 0.2) is 5.82 Å². The topological polar surface area (TPSA) is 109 Å². The van der Waals surface area contributed by atoms with E-state index in [2.05, 4.69) is 43.3 Å². The molecule has 0 saturated carbocycles. The fraction of sp³-hybridized carbons (Fsp3) is 0.278. The predicted molar refractivity (Wildman–Crippen MR) is 105 cm³/mol. The Hall–Kier alpha value is -2.97. The molecule has 0 spiro atoms. The summed E-state index contributed by atoms with van der Waals surface area (Å²) in [5, 5.41) is 0.831. The minimum atomic E-state index is 0.194. The van der Waals surface area contributed by atoms with Gasteiger partial charge in [0.25, 0.3) is 0 Å². The van der Waals surface area contributed by atoms with Crippen LogP contribution in [0.2, 0.25) is 0 Å². The summed E-state index contributed by atoms with van der Waals surface area (Å²) >= 11 is 0. The van der Waals surface area contributed by atoms with Gasteiger partial charge in [0.2, 0.25) is 5.95 Å². The van der Waals surface area contributed by atoms with Crippen LogP contribution < -0.4 is 21.9 Å². The number of nitrogens with zero attached hydrogens (tertiary/aromatic N) is 5. The molecule has 0 aliphatic carbocycles. The van der Waals surface area contributed by atoms with Gasteiger partial charge in [0.1, 0.15) is 5.82 Å². The first-order valence-electron chi connectivity index (χ1n) is 8.58. The number of likely N-dealkylation sites (N-methyl/N-ethyl adjacent to an activating group) is 1. The summed E-state index contributed by atoms with van der Waals surface area (Å²) in [6.07, 6.45) is 1.86. The van der Waals surface area contributed by atoms with E-state index in [1.807, 2.05) is 30.5 Å². The summed E-state index contributed by atoms with van der Waals surface area (Å²) in [4.78, 5) is 17.6. The van der Waals surface area contributed by atoms with E-state index in [9.17, 15) is 0 Å². The number of hydrazine groups is 1. The molecule has 0 amide bonds. The molecular weight excluding hydrogens is 328 g/mol. The van der Waals surface area contributed by atoms with Crippen LogP contribution in [0.25, 0.3) is 22.0 Å². The maximum atomic E-state index is 5.73. The smallest absolute Gasteiger partial charge is 0.222 e. The van der Waals surface area contributed by atoms with Crippen molar-refractivity contribution in [2.45, 2.75) is 0 Å². The lowest BCUT2D eigenvalue weighted by Crippen LogP contribution is -2.44. The Labute approximate surface area is 151 Å². The number of aromatic nitrogens is 3. The van der Waals surface area contributed by atoms with E-state index >= 15 is 0 Å². The molecule has 26 heavy (non-hydrogen) atoms. The average Bonchev–Trinajstić information content (AvgIpc) is 2.67. The van der Waals surface area contributed by atoms with Crippen molar-refractivity contribution in [3.05, 3.63) is 36.5 Å². The van der Waals surface area contributed by atoms with Gasteiger partial charge in [-0.15, -0.1) is 0 Å². The minimum Gasteiger partial charge on any atom is -0.368 e. The molecule has 3 aromatic rings. The summed E-state index contributed by atoms with van der Waals surface area (Å²) in [6.45, 7) is 4.07. The van der Waals surface area contributed by atoms with E-state index in [0.717, 1.165) is 54.0 Å². The van der Waals surface area contributed by atoms with Crippen molar-refractivity contribution < 1.29 is 0 Å². The Bertz CT molecular complexity index is 934. The lowest BCUT2D eigenvalue weighted by molar-refractivity contribution is 0.312. The summed E-state index contributed by atoms with van der Waals surface area (Å²) in [6, 6.07) is 10.1. The standard InChI is InChI=1S/C18H22N8/c1-25-6-8-26(9-7-25)16-11-13(4-5-21-16)12-2-3-15-14(10-12)17(24-20)23-18(19)22-15/h2-5,10-11H,6-9,20H2,1H3,(H3,19,22,23,24). The number of hydrogen-bond donors (Lipinski definition) is 3. The van der Waals surface area contributed by atoms with Gasteiger partial charge in [-0.2, -0.15) is 4.98 Å². The molecule has 134 valence electrons. The van der Waals surface area contributed by atoms with Gasteiger partial charge in [-0.1, -0.05) is 6.07 Å². The Balaban J connectivity index is 1.71. The van der Waals surface area contributed by atoms with Crippen LogP contribution in [0.5, 0.6) is 0 Å². The second-order valence-corrected chi connectivity index (χ2v) is 6.50. The highest BCUT2D eigenvalue weighted by atomic mass is 15.3. The summed E-state index contributed by atoms with van der Waals surface area (Å²) in [7, 11) is 2.15. The molecule has 1 saturated heterocycles. The van der Waals surface area contributed by atoms with Gasteiger partial charge in [0.05, 0.1) is 5.52 Å². The molecular formula is C18H22N8. The zero-order valence-electron chi connectivity index (χ0n) is 14.7. The average molecular weight is 350 g/mol. The Morgan fingerprint density at radius 2 is 1.77 bits per heavy atom. The highest BCUT2D eigenvalue weighted by Gasteiger charge is 2.16. The highest BCUT2D eigenvalue weighted by Crippen LogP contribution is 2.29. The highest BCUT2D eigenvalue weighted by molar-refractivity contribution is 5.93. The number of fused-ring (bicyclic) bond motifs is 1. The number of nitrogens with two attached hydrogens (primary N) is 2. The zero-order chi connectivity index (χ0) is 18.1. The van der Waals surface area contributed by atoms with Crippen molar-refractivity contribution >= 4 is 28.5 Å². The lowest BCUT2D eigenvalue weighted by atomic mass is 10.0. The van der Waals surface area contributed by atoms with Crippen LogP contribution in [0.4, 0.5) is 17.6 Å². The van der Waals surface area contributed by atoms with E-state index in [-0.39, 0.29) is 5.95 Å². The number of benzene rings is 1. The molecule has 8 heteroatoms. The molecule has 8 nitrogen and oxygen atoms in total. The van der Waals surface area contributed by atoms with Crippen LogP contribution in [-0.4, -0.2) is 53.1 Å². The second kappa shape index (κ2) is 6.74. The molecule has 0 radical (unpaired) electrons. The number of rotatable bonds is 3. The monoisotopic (exact) mass is 350 g/mol. The predicted octanol–water partition coefficient (Wildman–Crippen LogP) is 1.31. The van der Waals surface area contributed by atoms with Gasteiger partial charge in [-0.05, 0) is 42.4 Å². The van der Waals surface area contributed by atoms with E-state index in [0.29, 0.717) is 5.82 Å². The van der Waals surface area contributed by atoms with Crippen LogP contribution in [0.1, 0.15) is 0 Å².